The molecule has 7 heteroatoms. The molecule has 1 aromatic carbocycles. The lowest BCUT2D eigenvalue weighted by atomic mass is 10.1. The molecule has 0 saturated carbocycles. The second-order valence-corrected chi connectivity index (χ2v) is 7.35. The van der Waals surface area contributed by atoms with Gasteiger partial charge >= 0.3 is 0 Å². The van der Waals surface area contributed by atoms with E-state index < -0.39 is 0 Å². The molecule has 0 N–H and O–H groups in total. The molecular weight excluding hydrogens is 352 g/mol. The molecule has 0 bridgehead atoms. The third kappa shape index (κ3) is 4.15. The van der Waals surface area contributed by atoms with Crippen LogP contribution in [0.5, 0.6) is 17.2 Å². The number of amides is 1. The van der Waals surface area contributed by atoms with Gasteiger partial charge in [-0.1, -0.05) is 0 Å². The van der Waals surface area contributed by atoms with Crippen LogP contribution in [-0.2, 0) is 4.79 Å². The molecule has 0 spiro atoms. The van der Waals surface area contributed by atoms with Gasteiger partial charge in [0.2, 0.25) is 5.75 Å². The zero-order valence-corrected chi connectivity index (χ0v) is 17.1. The number of nitrogens with zero attached hydrogens (tertiary/aromatic N) is 2. The van der Waals surface area contributed by atoms with E-state index in [1.165, 1.54) is 11.8 Å². The summed E-state index contributed by atoms with van der Waals surface area (Å²) in [6.45, 7) is 7.96. The summed E-state index contributed by atoms with van der Waals surface area (Å²) < 4.78 is 16.1. The van der Waals surface area contributed by atoms with Crippen LogP contribution in [0, 0.1) is 0 Å². The lowest BCUT2D eigenvalue weighted by Crippen LogP contribution is -2.35. The SMILES string of the molecule is COc1cc(/C=C2/SC(=NC(C)C)N(C(C)C)C2=O)cc(OC)c1OC. The highest BCUT2D eigenvalue weighted by molar-refractivity contribution is 8.18. The fourth-order valence-electron chi connectivity index (χ4n) is 2.59. The summed E-state index contributed by atoms with van der Waals surface area (Å²) >= 11 is 1.39. The first kappa shape index (κ1) is 20.2. The van der Waals surface area contributed by atoms with E-state index in [0.29, 0.717) is 22.2 Å². The molecular formula is C19H26N2O4S. The van der Waals surface area contributed by atoms with Gasteiger partial charge in [0.15, 0.2) is 16.7 Å². The molecule has 2 rings (SSSR count). The predicted molar refractivity (Wildman–Crippen MR) is 106 cm³/mol. The Morgan fingerprint density at radius 1 is 1.04 bits per heavy atom. The molecule has 1 fully saturated rings. The van der Waals surface area contributed by atoms with Gasteiger partial charge in [-0.05, 0) is 63.2 Å². The van der Waals surface area contributed by atoms with Crippen LogP contribution in [0.1, 0.15) is 33.3 Å². The summed E-state index contributed by atoms with van der Waals surface area (Å²) in [6, 6.07) is 3.80. The van der Waals surface area contributed by atoms with Gasteiger partial charge in [0.1, 0.15) is 0 Å². The van der Waals surface area contributed by atoms with Crippen molar-refractivity contribution in [3.63, 3.8) is 0 Å². The first-order valence-corrected chi connectivity index (χ1v) is 9.24. The highest BCUT2D eigenvalue weighted by Crippen LogP contribution is 2.40. The Morgan fingerprint density at radius 2 is 1.62 bits per heavy atom. The molecule has 0 radical (unpaired) electrons. The molecule has 26 heavy (non-hydrogen) atoms. The molecule has 1 aromatic rings. The highest BCUT2D eigenvalue weighted by atomic mass is 32.2. The van der Waals surface area contributed by atoms with Crippen LogP contribution in [0.3, 0.4) is 0 Å². The maximum Gasteiger partial charge on any atom is 0.266 e. The van der Waals surface area contributed by atoms with E-state index in [2.05, 4.69) is 4.99 Å². The first-order chi connectivity index (χ1) is 12.3. The van der Waals surface area contributed by atoms with Crippen LogP contribution in [0.15, 0.2) is 22.0 Å². The molecule has 1 amide bonds. The van der Waals surface area contributed by atoms with E-state index in [1.807, 2.05) is 45.9 Å². The van der Waals surface area contributed by atoms with Gasteiger partial charge in [0, 0.05) is 12.1 Å². The number of carbonyl (C=O) groups is 1. The third-order valence-electron chi connectivity index (χ3n) is 3.71. The third-order valence-corrected chi connectivity index (χ3v) is 4.70. The zero-order chi connectivity index (χ0) is 19.4. The molecule has 0 aromatic heterocycles. The number of methoxy groups -OCH3 is 3. The maximum atomic E-state index is 12.8. The number of thioether (sulfide) groups is 1. The van der Waals surface area contributed by atoms with Crippen molar-refractivity contribution in [2.75, 3.05) is 21.3 Å². The highest BCUT2D eigenvalue weighted by Gasteiger charge is 2.35. The number of ether oxygens (including phenoxy) is 3. The Morgan fingerprint density at radius 3 is 2.04 bits per heavy atom. The van der Waals surface area contributed by atoms with Crippen molar-refractivity contribution in [1.82, 2.24) is 4.90 Å². The normalized spacial score (nSPS) is 17.7. The summed E-state index contributed by atoms with van der Waals surface area (Å²) in [5.74, 6) is 1.57. The quantitative estimate of drug-likeness (QED) is 0.705. The van der Waals surface area contributed by atoms with E-state index in [9.17, 15) is 4.79 Å². The average Bonchev–Trinajstić information content (AvgIpc) is 2.88. The standard InChI is InChI=1S/C19H26N2O4S/c1-11(2)20-19-21(12(3)4)18(22)16(26-19)10-13-8-14(23-5)17(25-7)15(9-13)24-6/h8-12H,1-7H3/b16-10+,20-19?. The first-order valence-electron chi connectivity index (χ1n) is 8.43. The van der Waals surface area contributed by atoms with Gasteiger partial charge in [-0.3, -0.25) is 14.7 Å². The lowest BCUT2D eigenvalue weighted by Gasteiger charge is -2.20. The van der Waals surface area contributed by atoms with E-state index in [0.717, 1.165) is 10.7 Å². The van der Waals surface area contributed by atoms with Gasteiger partial charge in [-0.25, -0.2) is 0 Å². The summed E-state index contributed by atoms with van der Waals surface area (Å²) in [6.07, 6.45) is 1.83. The van der Waals surface area contributed by atoms with Crippen LogP contribution < -0.4 is 14.2 Å². The van der Waals surface area contributed by atoms with Gasteiger partial charge in [-0.2, -0.15) is 0 Å². The molecule has 142 valence electrons. The van der Waals surface area contributed by atoms with Gasteiger partial charge in [-0.15, -0.1) is 0 Å². The Bertz CT molecular complexity index is 716. The van der Waals surface area contributed by atoms with Crippen molar-refractivity contribution in [3.8, 4) is 17.2 Å². The van der Waals surface area contributed by atoms with Crippen LogP contribution in [-0.4, -0.2) is 49.4 Å². The van der Waals surface area contributed by atoms with Crippen molar-refractivity contribution in [2.45, 2.75) is 39.8 Å². The van der Waals surface area contributed by atoms with Crippen LogP contribution in [0.2, 0.25) is 0 Å². The maximum absolute atomic E-state index is 12.8. The second-order valence-electron chi connectivity index (χ2n) is 6.34. The van der Waals surface area contributed by atoms with Crippen molar-refractivity contribution >= 4 is 28.9 Å². The summed E-state index contributed by atoms with van der Waals surface area (Å²) in [4.78, 5) is 19.8. The number of hydrogen-bond acceptors (Lipinski definition) is 6. The molecule has 1 heterocycles. The van der Waals surface area contributed by atoms with E-state index in [4.69, 9.17) is 14.2 Å². The number of hydrogen-bond donors (Lipinski definition) is 0. The lowest BCUT2D eigenvalue weighted by molar-refractivity contribution is -0.123. The Labute approximate surface area is 159 Å². The van der Waals surface area contributed by atoms with E-state index >= 15 is 0 Å². The minimum atomic E-state index is -0.0434. The van der Waals surface area contributed by atoms with Gasteiger partial charge in [0.05, 0.1) is 26.2 Å². The fraction of sp³-hybridized carbons (Fsp3) is 0.474. The van der Waals surface area contributed by atoms with Crippen LogP contribution in [0.4, 0.5) is 0 Å². The number of carbonyl (C=O) groups excluding carboxylic acids is 1. The minimum Gasteiger partial charge on any atom is -0.493 e. The Hall–Kier alpha value is -2.15. The van der Waals surface area contributed by atoms with Crippen molar-refractivity contribution in [1.29, 1.82) is 0 Å². The second kappa shape index (κ2) is 8.49. The number of amidine groups is 1. The fourth-order valence-corrected chi connectivity index (χ4v) is 3.82. The zero-order valence-electron chi connectivity index (χ0n) is 16.3. The molecule has 0 unspecified atom stereocenters. The Balaban J connectivity index is 2.48. The molecule has 1 aliphatic rings. The van der Waals surface area contributed by atoms with Gasteiger partial charge < -0.3 is 14.2 Å². The summed E-state index contributed by atoms with van der Waals surface area (Å²) in [5, 5.41) is 0.735. The summed E-state index contributed by atoms with van der Waals surface area (Å²) in [7, 11) is 4.69. The molecule has 1 saturated heterocycles. The van der Waals surface area contributed by atoms with Crippen LogP contribution >= 0.6 is 11.8 Å². The largest absolute Gasteiger partial charge is 0.493 e. The van der Waals surface area contributed by atoms with E-state index in [1.54, 1.807) is 26.2 Å². The van der Waals surface area contributed by atoms with Crippen LogP contribution in [0.25, 0.3) is 6.08 Å². The molecule has 6 nitrogen and oxygen atoms in total. The predicted octanol–water partition coefficient (Wildman–Crippen LogP) is 3.80. The van der Waals surface area contributed by atoms with Gasteiger partial charge in [0.25, 0.3) is 5.91 Å². The average molecular weight is 378 g/mol. The smallest absolute Gasteiger partial charge is 0.266 e. The van der Waals surface area contributed by atoms with E-state index in [-0.39, 0.29) is 18.0 Å². The summed E-state index contributed by atoms with van der Waals surface area (Å²) in [5.41, 5.74) is 0.796. The molecule has 0 atom stereocenters. The van der Waals surface area contributed by atoms with Crippen molar-refractivity contribution in [2.24, 2.45) is 4.99 Å². The number of benzene rings is 1. The molecule has 1 aliphatic heterocycles. The molecule has 0 aliphatic carbocycles. The number of aliphatic imine (C=N–C) groups is 1. The Kier molecular flexibility index (Phi) is 6.58. The number of rotatable bonds is 6. The minimum absolute atomic E-state index is 0.0401. The van der Waals surface area contributed by atoms with Crippen molar-refractivity contribution < 1.29 is 19.0 Å². The monoisotopic (exact) mass is 378 g/mol. The topological polar surface area (TPSA) is 60.4 Å². The van der Waals surface area contributed by atoms with Crippen molar-refractivity contribution in [3.05, 3.63) is 22.6 Å².